The standard InChI is InChI=1S/C16H14N2OS.C8H10O.C3H6/c1-10-3-6-12(7-4-10)15(19)18-16-17-13-8-5-11(2)9-14(13)20-16;1-7-3-5-8(9-2)6-4-7;1-3-2/h3-9H,1-2H3,(H,17,18,19);3-6H,1-2H3;3H,1H2,2H3. The van der Waals surface area contributed by atoms with Gasteiger partial charge in [0, 0.05) is 5.56 Å². The zero-order chi connectivity index (χ0) is 23.5. The highest BCUT2D eigenvalue weighted by Gasteiger charge is 2.09. The number of aromatic nitrogens is 1. The van der Waals surface area contributed by atoms with E-state index in [-0.39, 0.29) is 5.91 Å². The first-order valence-electron chi connectivity index (χ1n) is 10.3. The van der Waals surface area contributed by atoms with E-state index >= 15 is 0 Å². The second kappa shape index (κ2) is 12.4. The number of thiazole rings is 1. The fourth-order valence-electron chi connectivity index (χ4n) is 2.63. The summed E-state index contributed by atoms with van der Waals surface area (Å²) < 4.78 is 6.06. The molecule has 166 valence electrons. The third kappa shape index (κ3) is 7.67. The molecular formula is C27H30N2O2S. The molecule has 0 unspecified atom stereocenters. The van der Waals surface area contributed by atoms with E-state index in [1.807, 2.05) is 81.4 Å². The summed E-state index contributed by atoms with van der Waals surface area (Å²) in [6.45, 7) is 11.3. The van der Waals surface area contributed by atoms with E-state index in [1.54, 1.807) is 13.2 Å². The number of hydrogen-bond donors (Lipinski definition) is 1. The Kier molecular flexibility index (Phi) is 9.64. The molecule has 0 bridgehead atoms. The SMILES string of the molecule is C=CC.COc1ccc(C)cc1.Cc1ccc(C(=O)Nc2nc3ccc(C)cc3s2)cc1. The van der Waals surface area contributed by atoms with Gasteiger partial charge in [-0.1, -0.05) is 58.9 Å². The molecule has 0 atom stereocenters. The van der Waals surface area contributed by atoms with E-state index < -0.39 is 0 Å². The van der Waals surface area contributed by atoms with Gasteiger partial charge in [0.25, 0.3) is 5.91 Å². The molecule has 1 amide bonds. The summed E-state index contributed by atoms with van der Waals surface area (Å²) in [6.07, 6.45) is 1.75. The van der Waals surface area contributed by atoms with Crippen LogP contribution >= 0.6 is 11.3 Å². The van der Waals surface area contributed by atoms with Crippen molar-refractivity contribution in [3.8, 4) is 5.75 Å². The third-order valence-electron chi connectivity index (χ3n) is 4.33. The zero-order valence-corrected chi connectivity index (χ0v) is 20.1. The summed E-state index contributed by atoms with van der Waals surface area (Å²) in [5.74, 6) is 0.793. The molecule has 4 rings (SSSR count). The van der Waals surface area contributed by atoms with Gasteiger partial charge in [0.1, 0.15) is 5.75 Å². The Labute approximate surface area is 194 Å². The van der Waals surface area contributed by atoms with Crippen molar-refractivity contribution in [2.75, 3.05) is 12.4 Å². The second-order valence-electron chi connectivity index (χ2n) is 7.24. The van der Waals surface area contributed by atoms with Crippen molar-refractivity contribution in [1.82, 2.24) is 4.98 Å². The van der Waals surface area contributed by atoms with Crippen LogP contribution in [0.1, 0.15) is 34.0 Å². The number of hydrogen-bond acceptors (Lipinski definition) is 4. The van der Waals surface area contributed by atoms with Crippen molar-refractivity contribution < 1.29 is 9.53 Å². The summed E-state index contributed by atoms with van der Waals surface area (Å²) in [7, 11) is 1.67. The van der Waals surface area contributed by atoms with E-state index in [4.69, 9.17) is 4.74 Å². The van der Waals surface area contributed by atoms with Gasteiger partial charge in [-0.2, -0.15) is 0 Å². The van der Waals surface area contributed by atoms with Gasteiger partial charge in [-0.3, -0.25) is 10.1 Å². The van der Waals surface area contributed by atoms with Gasteiger partial charge in [0.2, 0.25) is 0 Å². The molecule has 32 heavy (non-hydrogen) atoms. The fraction of sp³-hybridized carbons (Fsp3) is 0.185. The number of benzene rings is 3. The third-order valence-corrected chi connectivity index (χ3v) is 5.27. The van der Waals surface area contributed by atoms with E-state index in [2.05, 4.69) is 29.9 Å². The molecule has 0 aliphatic rings. The Morgan fingerprint density at radius 1 is 0.938 bits per heavy atom. The Morgan fingerprint density at radius 2 is 1.47 bits per heavy atom. The minimum Gasteiger partial charge on any atom is -0.497 e. The molecule has 3 aromatic carbocycles. The highest BCUT2D eigenvalue weighted by atomic mass is 32.1. The lowest BCUT2D eigenvalue weighted by Crippen LogP contribution is -2.11. The molecule has 4 aromatic rings. The van der Waals surface area contributed by atoms with Crippen LogP contribution in [0.5, 0.6) is 5.75 Å². The molecule has 0 aliphatic heterocycles. The molecule has 0 spiro atoms. The molecule has 0 saturated heterocycles. The molecule has 0 radical (unpaired) electrons. The predicted octanol–water partition coefficient (Wildman–Crippen LogP) is 7.36. The van der Waals surface area contributed by atoms with Crippen molar-refractivity contribution in [2.24, 2.45) is 0 Å². The fourth-order valence-corrected chi connectivity index (χ4v) is 3.59. The first-order chi connectivity index (χ1) is 15.4. The van der Waals surface area contributed by atoms with Gasteiger partial charge in [-0.25, -0.2) is 4.98 Å². The van der Waals surface area contributed by atoms with Gasteiger partial charge in [-0.05, 0) is 69.7 Å². The number of allylic oxidation sites excluding steroid dienone is 1. The van der Waals surface area contributed by atoms with E-state index in [9.17, 15) is 4.79 Å². The van der Waals surface area contributed by atoms with Gasteiger partial charge >= 0.3 is 0 Å². The van der Waals surface area contributed by atoms with Crippen LogP contribution in [-0.4, -0.2) is 18.0 Å². The Balaban J connectivity index is 0.000000252. The molecule has 1 heterocycles. The zero-order valence-electron chi connectivity index (χ0n) is 19.3. The monoisotopic (exact) mass is 446 g/mol. The lowest BCUT2D eigenvalue weighted by Gasteiger charge is -2.01. The van der Waals surface area contributed by atoms with Crippen LogP contribution in [-0.2, 0) is 0 Å². The lowest BCUT2D eigenvalue weighted by molar-refractivity contribution is 0.102. The van der Waals surface area contributed by atoms with Crippen LogP contribution in [0.4, 0.5) is 5.13 Å². The average molecular weight is 447 g/mol. The van der Waals surface area contributed by atoms with Crippen molar-refractivity contribution in [3.63, 3.8) is 0 Å². The molecule has 1 N–H and O–H groups in total. The Hall–Kier alpha value is -3.44. The molecule has 0 fully saturated rings. The highest BCUT2D eigenvalue weighted by Crippen LogP contribution is 2.27. The van der Waals surface area contributed by atoms with Crippen molar-refractivity contribution >= 4 is 32.6 Å². The molecule has 5 heteroatoms. The maximum absolute atomic E-state index is 12.1. The molecule has 1 aromatic heterocycles. The summed E-state index contributed by atoms with van der Waals surface area (Å²) >= 11 is 1.49. The van der Waals surface area contributed by atoms with Crippen LogP contribution in [0.25, 0.3) is 10.2 Å². The maximum Gasteiger partial charge on any atom is 0.257 e. The quantitative estimate of drug-likeness (QED) is 0.334. The maximum atomic E-state index is 12.1. The number of nitrogens with one attached hydrogen (secondary N) is 1. The average Bonchev–Trinajstić information content (AvgIpc) is 3.17. The van der Waals surface area contributed by atoms with E-state index in [1.165, 1.54) is 22.5 Å². The number of anilines is 1. The van der Waals surface area contributed by atoms with Gasteiger partial charge < -0.3 is 4.74 Å². The number of ether oxygens (including phenoxy) is 1. The van der Waals surface area contributed by atoms with Crippen LogP contribution in [0.3, 0.4) is 0 Å². The molecule has 0 aliphatic carbocycles. The summed E-state index contributed by atoms with van der Waals surface area (Å²) in [4.78, 5) is 16.5. The van der Waals surface area contributed by atoms with Crippen LogP contribution < -0.4 is 10.1 Å². The number of aryl methyl sites for hydroxylation is 3. The number of amides is 1. The second-order valence-corrected chi connectivity index (χ2v) is 8.27. The highest BCUT2D eigenvalue weighted by molar-refractivity contribution is 7.22. The lowest BCUT2D eigenvalue weighted by atomic mass is 10.1. The minimum absolute atomic E-state index is 0.124. The van der Waals surface area contributed by atoms with Crippen molar-refractivity contribution in [2.45, 2.75) is 27.7 Å². The number of fused-ring (bicyclic) bond motifs is 1. The smallest absolute Gasteiger partial charge is 0.257 e. The number of carbonyl (C=O) groups is 1. The number of carbonyl (C=O) groups excluding carboxylic acids is 1. The molecular weight excluding hydrogens is 416 g/mol. The van der Waals surface area contributed by atoms with Gasteiger partial charge in [0.05, 0.1) is 17.3 Å². The Bertz CT molecular complexity index is 1150. The Morgan fingerprint density at radius 3 is 2.03 bits per heavy atom. The normalized spacial score (nSPS) is 9.66. The summed E-state index contributed by atoms with van der Waals surface area (Å²) in [6, 6.07) is 21.5. The van der Waals surface area contributed by atoms with Gasteiger partial charge in [-0.15, -0.1) is 6.58 Å². The largest absolute Gasteiger partial charge is 0.497 e. The van der Waals surface area contributed by atoms with Crippen LogP contribution in [0.2, 0.25) is 0 Å². The van der Waals surface area contributed by atoms with Crippen LogP contribution in [0, 0.1) is 20.8 Å². The topological polar surface area (TPSA) is 51.2 Å². The van der Waals surface area contributed by atoms with Gasteiger partial charge in [0.15, 0.2) is 5.13 Å². The van der Waals surface area contributed by atoms with E-state index in [0.717, 1.165) is 21.5 Å². The van der Waals surface area contributed by atoms with Crippen molar-refractivity contribution in [1.29, 1.82) is 0 Å². The first-order valence-corrected chi connectivity index (χ1v) is 11.1. The molecule has 4 nitrogen and oxygen atoms in total. The minimum atomic E-state index is -0.124. The predicted molar refractivity (Wildman–Crippen MR) is 137 cm³/mol. The van der Waals surface area contributed by atoms with Crippen molar-refractivity contribution in [3.05, 3.63) is 102 Å². The number of rotatable bonds is 3. The van der Waals surface area contributed by atoms with E-state index in [0.29, 0.717) is 10.7 Å². The first kappa shape index (κ1) is 24.8. The summed E-state index contributed by atoms with van der Waals surface area (Å²) in [5.41, 5.74) is 5.15. The summed E-state index contributed by atoms with van der Waals surface area (Å²) in [5, 5.41) is 3.49. The number of methoxy groups -OCH3 is 1. The number of nitrogens with zero attached hydrogens (tertiary/aromatic N) is 1. The molecule has 0 saturated carbocycles. The van der Waals surface area contributed by atoms with Crippen LogP contribution in [0.15, 0.2) is 79.4 Å².